The number of halogens is 2. The molecule has 0 aromatic heterocycles. The van der Waals surface area contributed by atoms with Crippen LogP contribution < -0.4 is 10.2 Å². The van der Waals surface area contributed by atoms with E-state index in [0.717, 1.165) is 6.42 Å². The summed E-state index contributed by atoms with van der Waals surface area (Å²) in [7, 11) is 0. The molecule has 1 saturated heterocycles. The number of nitrogens with one attached hydrogen (secondary N) is 1. The molecule has 2 unspecified atom stereocenters. The fourth-order valence-electron chi connectivity index (χ4n) is 2.20. The van der Waals surface area contributed by atoms with Gasteiger partial charge in [0.2, 0.25) is 11.8 Å². The molecule has 2 atom stereocenters. The molecule has 1 aliphatic rings. The molecule has 0 saturated carbocycles. The van der Waals surface area contributed by atoms with Crippen LogP contribution in [0.1, 0.15) is 20.3 Å². The number of amides is 2. The number of rotatable bonds is 3. The molecule has 1 heterocycles. The van der Waals surface area contributed by atoms with E-state index < -0.39 is 6.04 Å². The summed E-state index contributed by atoms with van der Waals surface area (Å²) in [5.74, 6) is -0.614. The minimum atomic E-state index is -0.512. The van der Waals surface area contributed by atoms with E-state index in [-0.39, 0.29) is 30.1 Å². The van der Waals surface area contributed by atoms with Gasteiger partial charge in [-0.2, -0.15) is 0 Å². The third-order valence-electron chi connectivity index (χ3n) is 3.56. The summed E-state index contributed by atoms with van der Waals surface area (Å²) < 4.78 is 13.8. The predicted molar refractivity (Wildman–Crippen MR) is 82.9 cm³/mol. The lowest BCUT2D eigenvalue weighted by Gasteiger charge is -2.35. The zero-order valence-electron chi connectivity index (χ0n) is 11.3. The average Bonchev–Trinajstić information content (AvgIpc) is 2.40. The van der Waals surface area contributed by atoms with Crippen LogP contribution in [0.3, 0.4) is 0 Å². The van der Waals surface area contributed by atoms with Crippen LogP contribution in [0.4, 0.5) is 10.1 Å². The third-order valence-corrected chi connectivity index (χ3v) is 4.43. The number of benzene rings is 1. The molecular formula is C14H16FIN2O2. The highest BCUT2D eigenvalue weighted by Crippen LogP contribution is 2.26. The molecular weight excluding hydrogens is 374 g/mol. The number of hydrogen-bond acceptors (Lipinski definition) is 2. The molecule has 1 aliphatic heterocycles. The van der Waals surface area contributed by atoms with Gasteiger partial charge in [0.25, 0.3) is 0 Å². The second-order valence-electron chi connectivity index (χ2n) is 4.95. The van der Waals surface area contributed by atoms with Crippen molar-refractivity contribution in [3.8, 4) is 0 Å². The van der Waals surface area contributed by atoms with Crippen LogP contribution in [0.25, 0.3) is 0 Å². The first-order valence-corrected chi connectivity index (χ1v) is 7.57. The Hall–Kier alpha value is -1.18. The smallest absolute Gasteiger partial charge is 0.250 e. The van der Waals surface area contributed by atoms with Gasteiger partial charge in [-0.05, 0) is 46.7 Å². The number of hydrogen-bond donors (Lipinski definition) is 1. The second kappa shape index (κ2) is 6.07. The van der Waals surface area contributed by atoms with Gasteiger partial charge in [-0.25, -0.2) is 4.39 Å². The Morgan fingerprint density at radius 2 is 2.20 bits per heavy atom. The molecule has 2 amide bonds. The van der Waals surface area contributed by atoms with Crippen molar-refractivity contribution >= 4 is 40.1 Å². The van der Waals surface area contributed by atoms with Gasteiger partial charge in [0, 0.05) is 3.57 Å². The van der Waals surface area contributed by atoms with Crippen LogP contribution in [-0.2, 0) is 9.59 Å². The van der Waals surface area contributed by atoms with Gasteiger partial charge in [-0.15, -0.1) is 0 Å². The number of piperazine rings is 1. The molecule has 108 valence electrons. The lowest BCUT2D eigenvalue weighted by molar-refractivity contribution is -0.132. The highest BCUT2D eigenvalue weighted by molar-refractivity contribution is 14.1. The van der Waals surface area contributed by atoms with Crippen molar-refractivity contribution in [3.63, 3.8) is 0 Å². The van der Waals surface area contributed by atoms with Crippen molar-refractivity contribution in [2.75, 3.05) is 11.4 Å². The van der Waals surface area contributed by atoms with Crippen molar-refractivity contribution in [3.05, 3.63) is 27.6 Å². The van der Waals surface area contributed by atoms with Crippen LogP contribution in [0.15, 0.2) is 18.2 Å². The van der Waals surface area contributed by atoms with Gasteiger partial charge in [-0.3, -0.25) is 9.59 Å². The molecule has 4 nitrogen and oxygen atoms in total. The summed E-state index contributed by atoms with van der Waals surface area (Å²) in [6.45, 7) is 3.89. The number of carbonyl (C=O) groups excluding carboxylic acids is 2. The second-order valence-corrected chi connectivity index (χ2v) is 6.11. The summed E-state index contributed by atoms with van der Waals surface area (Å²) in [4.78, 5) is 25.8. The molecule has 1 aromatic carbocycles. The summed E-state index contributed by atoms with van der Waals surface area (Å²) in [5, 5.41) is 2.74. The van der Waals surface area contributed by atoms with Crippen LogP contribution >= 0.6 is 22.6 Å². The lowest BCUT2D eigenvalue weighted by Crippen LogP contribution is -2.60. The van der Waals surface area contributed by atoms with Crippen molar-refractivity contribution in [2.24, 2.45) is 5.92 Å². The van der Waals surface area contributed by atoms with Gasteiger partial charge in [0.15, 0.2) is 0 Å². The van der Waals surface area contributed by atoms with Gasteiger partial charge >= 0.3 is 0 Å². The first-order valence-electron chi connectivity index (χ1n) is 6.49. The molecule has 20 heavy (non-hydrogen) atoms. The molecule has 0 aliphatic carbocycles. The molecule has 6 heteroatoms. The summed E-state index contributed by atoms with van der Waals surface area (Å²) in [6.07, 6.45) is 0.797. The van der Waals surface area contributed by atoms with Gasteiger partial charge in [0.1, 0.15) is 18.4 Å². The van der Waals surface area contributed by atoms with Gasteiger partial charge in [-0.1, -0.05) is 20.3 Å². The molecule has 0 spiro atoms. The summed E-state index contributed by atoms with van der Waals surface area (Å²) in [6, 6.07) is 3.69. The monoisotopic (exact) mass is 390 g/mol. The number of nitrogens with zero attached hydrogens (tertiary/aromatic N) is 1. The lowest BCUT2D eigenvalue weighted by atomic mass is 9.96. The molecule has 1 aromatic rings. The largest absolute Gasteiger partial charge is 0.342 e. The number of carbonyl (C=O) groups is 2. The van der Waals surface area contributed by atoms with Gasteiger partial charge < -0.3 is 10.2 Å². The fourth-order valence-corrected chi connectivity index (χ4v) is 2.96. The van der Waals surface area contributed by atoms with Crippen LogP contribution in [-0.4, -0.2) is 24.4 Å². The van der Waals surface area contributed by atoms with Crippen LogP contribution in [0.5, 0.6) is 0 Å². The first-order chi connectivity index (χ1) is 9.43. The third kappa shape index (κ3) is 2.94. The molecule has 1 N–H and O–H groups in total. The topological polar surface area (TPSA) is 49.4 Å². The van der Waals surface area contributed by atoms with E-state index in [1.54, 1.807) is 6.07 Å². The van der Waals surface area contributed by atoms with Crippen LogP contribution in [0.2, 0.25) is 0 Å². The average molecular weight is 390 g/mol. The Morgan fingerprint density at radius 3 is 2.80 bits per heavy atom. The highest BCUT2D eigenvalue weighted by Gasteiger charge is 2.36. The maximum Gasteiger partial charge on any atom is 0.250 e. The van der Waals surface area contributed by atoms with E-state index in [1.165, 1.54) is 17.0 Å². The van der Waals surface area contributed by atoms with E-state index in [4.69, 9.17) is 0 Å². The Bertz CT molecular complexity index is 550. The Labute approximate surface area is 130 Å². The molecule has 2 rings (SSSR count). The van der Waals surface area contributed by atoms with E-state index >= 15 is 0 Å². The summed E-state index contributed by atoms with van der Waals surface area (Å²) >= 11 is 1.97. The van der Waals surface area contributed by atoms with E-state index in [0.29, 0.717) is 9.26 Å². The van der Waals surface area contributed by atoms with Crippen LogP contribution in [0, 0.1) is 15.3 Å². The minimum absolute atomic E-state index is 0.0204. The van der Waals surface area contributed by atoms with Gasteiger partial charge in [0.05, 0.1) is 5.69 Å². The quantitative estimate of drug-likeness (QED) is 0.806. The van der Waals surface area contributed by atoms with Crippen molar-refractivity contribution in [1.82, 2.24) is 5.32 Å². The Morgan fingerprint density at radius 1 is 1.50 bits per heavy atom. The fraction of sp³-hybridized carbons (Fsp3) is 0.429. The Balaban J connectivity index is 2.35. The normalized spacial score (nSPS) is 20.8. The van der Waals surface area contributed by atoms with Crippen molar-refractivity contribution < 1.29 is 14.0 Å². The highest BCUT2D eigenvalue weighted by atomic mass is 127. The maximum atomic E-state index is 13.2. The molecule has 0 bridgehead atoms. The Kier molecular flexibility index (Phi) is 4.62. The minimum Gasteiger partial charge on any atom is -0.342 e. The van der Waals surface area contributed by atoms with E-state index in [1.807, 2.05) is 36.4 Å². The molecule has 0 radical (unpaired) electrons. The maximum absolute atomic E-state index is 13.2. The molecule has 1 fully saturated rings. The SMILES string of the molecule is CCC(C)C1NC(=O)CN(c2ccc(F)cc2I)C1=O. The van der Waals surface area contributed by atoms with E-state index in [2.05, 4.69) is 5.32 Å². The predicted octanol–water partition coefficient (Wildman–Crippen LogP) is 2.31. The number of anilines is 1. The summed E-state index contributed by atoms with van der Waals surface area (Å²) in [5.41, 5.74) is 0.583. The zero-order valence-corrected chi connectivity index (χ0v) is 13.5. The van der Waals surface area contributed by atoms with Crippen molar-refractivity contribution in [1.29, 1.82) is 0 Å². The first kappa shape index (κ1) is 15.2. The van der Waals surface area contributed by atoms with Crippen molar-refractivity contribution in [2.45, 2.75) is 26.3 Å². The van der Waals surface area contributed by atoms with E-state index in [9.17, 15) is 14.0 Å². The zero-order chi connectivity index (χ0) is 14.9. The standard InChI is InChI=1S/C14H16FIN2O2/c1-3-8(2)13-14(20)18(7-12(19)17-13)11-5-4-9(15)6-10(11)16/h4-6,8,13H,3,7H2,1-2H3,(H,17,19).